The highest BCUT2D eigenvalue weighted by Gasteiger charge is 2.23. The van der Waals surface area contributed by atoms with E-state index in [4.69, 9.17) is 11.6 Å². The number of nitrogens with one attached hydrogen (secondary N) is 1. The summed E-state index contributed by atoms with van der Waals surface area (Å²) in [5.74, 6) is -0.364. The van der Waals surface area contributed by atoms with Crippen LogP contribution in [0.1, 0.15) is 21.2 Å². The van der Waals surface area contributed by atoms with Crippen molar-refractivity contribution in [3.63, 3.8) is 0 Å². The van der Waals surface area contributed by atoms with Crippen LogP contribution in [0.2, 0.25) is 5.02 Å². The van der Waals surface area contributed by atoms with Gasteiger partial charge >= 0.3 is 0 Å². The van der Waals surface area contributed by atoms with Crippen molar-refractivity contribution in [2.75, 3.05) is 19.4 Å². The highest BCUT2D eigenvalue weighted by molar-refractivity contribution is 8.00. The van der Waals surface area contributed by atoms with Gasteiger partial charge in [-0.3, -0.25) is 9.59 Å². The SMILES string of the molecule is CN(C)C(=O)c1ccc(Cl)c(NC(=O)C(Sc2ccccc2)c2ccccc2)c1. The summed E-state index contributed by atoms with van der Waals surface area (Å²) < 4.78 is 0. The van der Waals surface area contributed by atoms with Crippen LogP contribution in [0.15, 0.2) is 83.8 Å². The number of rotatable bonds is 6. The smallest absolute Gasteiger partial charge is 0.253 e. The molecule has 0 fully saturated rings. The molecule has 3 aromatic rings. The highest BCUT2D eigenvalue weighted by atomic mass is 35.5. The van der Waals surface area contributed by atoms with Gasteiger partial charge in [-0.1, -0.05) is 60.1 Å². The zero-order valence-electron chi connectivity index (χ0n) is 16.1. The zero-order chi connectivity index (χ0) is 20.8. The van der Waals surface area contributed by atoms with Crippen LogP contribution in [0.3, 0.4) is 0 Å². The molecule has 0 aliphatic carbocycles. The molecule has 0 saturated heterocycles. The molecule has 0 aliphatic rings. The molecule has 1 atom stereocenters. The third-order valence-corrected chi connectivity index (χ3v) is 5.81. The molecule has 4 nitrogen and oxygen atoms in total. The number of hydrogen-bond acceptors (Lipinski definition) is 3. The van der Waals surface area contributed by atoms with Crippen LogP contribution in [0.4, 0.5) is 5.69 Å². The number of hydrogen-bond donors (Lipinski definition) is 1. The molecule has 2 amide bonds. The van der Waals surface area contributed by atoms with Gasteiger partial charge in [-0.05, 0) is 35.9 Å². The summed E-state index contributed by atoms with van der Waals surface area (Å²) in [6, 6.07) is 24.2. The van der Waals surface area contributed by atoms with E-state index in [0.29, 0.717) is 16.3 Å². The standard InChI is InChI=1S/C23H21ClN2O2S/c1-26(2)23(28)17-13-14-19(24)20(15-17)25-22(27)21(16-9-5-3-6-10-16)29-18-11-7-4-8-12-18/h3-15,21H,1-2H3,(H,25,27). The molecule has 0 aromatic heterocycles. The van der Waals surface area contributed by atoms with Gasteiger partial charge in [0.05, 0.1) is 10.7 Å². The van der Waals surface area contributed by atoms with Gasteiger partial charge in [0.2, 0.25) is 5.91 Å². The van der Waals surface area contributed by atoms with Gasteiger partial charge in [0.15, 0.2) is 0 Å². The Labute approximate surface area is 179 Å². The van der Waals surface area contributed by atoms with E-state index in [1.54, 1.807) is 32.3 Å². The fourth-order valence-electron chi connectivity index (χ4n) is 2.75. The lowest BCUT2D eigenvalue weighted by Gasteiger charge is -2.18. The minimum absolute atomic E-state index is 0.157. The molecule has 3 rings (SSSR count). The zero-order valence-corrected chi connectivity index (χ0v) is 17.7. The maximum atomic E-state index is 13.2. The number of halogens is 1. The molecule has 148 valence electrons. The number of nitrogens with zero attached hydrogens (tertiary/aromatic N) is 1. The first-order chi connectivity index (χ1) is 14.0. The fraction of sp³-hybridized carbons (Fsp3) is 0.130. The van der Waals surface area contributed by atoms with E-state index in [1.165, 1.54) is 16.7 Å². The Morgan fingerprint density at radius 1 is 0.931 bits per heavy atom. The molecule has 0 saturated carbocycles. The highest BCUT2D eigenvalue weighted by Crippen LogP contribution is 2.36. The minimum atomic E-state index is -0.470. The summed E-state index contributed by atoms with van der Waals surface area (Å²) in [7, 11) is 3.36. The Bertz CT molecular complexity index is 994. The predicted molar refractivity (Wildman–Crippen MR) is 120 cm³/mol. The maximum Gasteiger partial charge on any atom is 0.253 e. The van der Waals surface area contributed by atoms with Gasteiger partial charge in [-0.2, -0.15) is 0 Å². The van der Waals surface area contributed by atoms with Crippen LogP contribution >= 0.6 is 23.4 Å². The maximum absolute atomic E-state index is 13.2. The molecule has 1 N–H and O–H groups in total. The van der Waals surface area contributed by atoms with Gasteiger partial charge < -0.3 is 10.2 Å². The first kappa shape index (κ1) is 21.0. The van der Waals surface area contributed by atoms with Crippen molar-refractivity contribution < 1.29 is 9.59 Å². The Morgan fingerprint density at radius 2 is 1.55 bits per heavy atom. The lowest BCUT2D eigenvalue weighted by molar-refractivity contribution is -0.115. The molecule has 29 heavy (non-hydrogen) atoms. The van der Waals surface area contributed by atoms with Crippen LogP contribution in [0.25, 0.3) is 0 Å². The number of anilines is 1. The average molecular weight is 425 g/mol. The quantitative estimate of drug-likeness (QED) is 0.530. The number of thioether (sulfide) groups is 1. The lowest BCUT2D eigenvalue weighted by Crippen LogP contribution is -2.22. The monoisotopic (exact) mass is 424 g/mol. The van der Waals surface area contributed by atoms with E-state index in [2.05, 4.69) is 5.32 Å². The second kappa shape index (κ2) is 9.63. The third kappa shape index (κ3) is 5.40. The topological polar surface area (TPSA) is 49.4 Å². The molecular weight excluding hydrogens is 404 g/mol. The molecule has 0 heterocycles. The van der Waals surface area contributed by atoms with Crippen LogP contribution in [0, 0.1) is 0 Å². The van der Waals surface area contributed by atoms with Gasteiger partial charge in [0, 0.05) is 24.6 Å². The molecule has 0 spiro atoms. The second-order valence-electron chi connectivity index (χ2n) is 6.61. The van der Waals surface area contributed by atoms with Crippen molar-refractivity contribution in [2.24, 2.45) is 0 Å². The Balaban J connectivity index is 1.89. The summed E-state index contributed by atoms with van der Waals surface area (Å²) >= 11 is 7.75. The summed E-state index contributed by atoms with van der Waals surface area (Å²) in [4.78, 5) is 27.9. The summed E-state index contributed by atoms with van der Waals surface area (Å²) in [6.07, 6.45) is 0. The van der Waals surface area contributed by atoms with Crippen molar-refractivity contribution in [3.05, 3.63) is 95.0 Å². The normalized spacial score (nSPS) is 11.6. The van der Waals surface area contributed by atoms with E-state index < -0.39 is 5.25 Å². The van der Waals surface area contributed by atoms with E-state index in [1.807, 2.05) is 60.7 Å². The van der Waals surface area contributed by atoms with Gasteiger partial charge in [-0.25, -0.2) is 0 Å². The van der Waals surface area contributed by atoms with E-state index in [9.17, 15) is 9.59 Å². The van der Waals surface area contributed by atoms with E-state index in [0.717, 1.165) is 10.5 Å². The largest absolute Gasteiger partial charge is 0.345 e. The number of amides is 2. The molecule has 0 bridgehead atoms. The minimum Gasteiger partial charge on any atom is -0.345 e. The summed E-state index contributed by atoms with van der Waals surface area (Å²) in [6.45, 7) is 0. The number of benzene rings is 3. The first-order valence-corrected chi connectivity index (χ1v) is 10.3. The molecule has 6 heteroatoms. The predicted octanol–water partition coefficient (Wildman–Crippen LogP) is 5.51. The summed E-state index contributed by atoms with van der Waals surface area (Å²) in [5, 5.41) is 2.81. The van der Waals surface area contributed by atoms with Crippen molar-refractivity contribution in [3.8, 4) is 0 Å². The van der Waals surface area contributed by atoms with Crippen molar-refractivity contribution in [1.82, 2.24) is 4.90 Å². The van der Waals surface area contributed by atoms with Crippen LogP contribution in [-0.4, -0.2) is 30.8 Å². The Morgan fingerprint density at radius 3 is 2.17 bits per heavy atom. The van der Waals surface area contributed by atoms with Crippen LogP contribution in [0.5, 0.6) is 0 Å². The van der Waals surface area contributed by atoms with E-state index in [-0.39, 0.29) is 11.8 Å². The molecular formula is C23H21ClN2O2S. The number of carbonyl (C=O) groups is 2. The molecule has 1 unspecified atom stereocenters. The molecule has 3 aromatic carbocycles. The van der Waals surface area contributed by atoms with Crippen molar-refractivity contribution in [1.29, 1.82) is 0 Å². The van der Waals surface area contributed by atoms with Crippen molar-refractivity contribution in [2.45, 2.75) is 10.1 Å². The Kier molecular flexibility index (Phi) is 6.96. The summed E-state index contributed by atoms with van der Waals surface area (Å²) in [5.41, 5.74) is 1.76. The third-order valence-electron chi connectivity index (χ3n) is 4.21. The molecule has 0 radical (unpaired) electrons. The second-order valence-corrected chi connectivity index (χ2v) is 8.19. The first-order valence-electron chi connectivity index (χ1n) is 9.04. The van der Waals surface area contributed by atoms with Gasteiger partial charge in [0.1, 0.15) is 5.25 Å². The fourth-order valence-corrected chi connectivity index (χ4v) is 3.96. The van der Waals surface area contributed by atoms with Crippen molar-refractivity contribution >= 4 is 40.9 Å². The van der Waals surface area contributed by atoms with Crippen LogP contribution in [-0.2, 0) is 4.79 Å². The lowest BCUT2D eigenvalue weighted by atomic mass is 10.1. The van der Waals surface area contributed by atoms with Crippen LogP contribution < -0.4 is 5.32 Å². The average Bonchev–Trinajstić information content (AvgIpc) is 2.74. The molecule has 0 aliphatic heterocycles. The van der Waals surface area contributed by atoms with Gasteiger partial charge in [0.25, 0.3) is 5.91 Å². The number of carbonyl (C=O) groups excluding carboxylic acids is 2. The van der Waals surface area contributed by atoms with E-state index >= 15 is 0 Å². The Hall–Kier alpha value is -2.76. The van der Waals surface area contributed by atoms with Gasteiger partial charge in [-0.15, -0.1) is 11.8 Å².